The molecule has 2 aliphatic rings. The summed E-state index contributed by atoms with van der Waals surface area (Å²) in [5.74, 6) is 0.640. The van der Waals surface area contributed by atoms with Crippen molar-refractivity contribution in [2.75, 3.05) is 13.2 Å². The Morgan fingerprint density at radius 1 is 1.10 bits per heavy atom. The maximum absolute atomic E-state index is 15.2. The number of hydrogen-bond acceptors (Lipinski definition) is 5. The Bertz CT molecular complexity index is 1380. The van der Waals surface area contributed by atoms with Crippen molar-refractivity contribution in [3.8, 4) is 28.4 Å². The molecule has 3 aromatic carbocycles. The van der Waals surface area contributed by atoms with Crippen molar-refractivity contribution in [1.82, 2.24) is 0 Å². The Morgan fingerprint density at radius 2 is 1.85 bits per heavy atom. The molecule has 39 heavy (non-hydrogen) atoms. The Balaban J connectivity index is 1.38. The highest BCUT2D eigenvalue weighted by Crippen LogP contribution is 2.45. The topological polar surface area (TPSA) is 85.2 Å². The van der Waals surface area contributed by atoms with E-state index >= 15 is 4.39 Å². The van der Waals surface area contributed by atoms with Crippen molar-refractivity contribution in [3.63, 3.8) is 0 Å². The normalized spacial score (nSPS) is 17.9. The third-order valence-corrected chi connectivity index (χ3v) is 7.60. The molecular weight excluding hydrogens is 499 g/mol. The van der Waals surface area contributed by atoms with E-state index in [0.717, 1.165) is 39.1 Å². The number of halogens is 1. The molecule has 0 radical (unpaired) electrons. The van der Waals surface area contributed by atoms with Gasteiger partial charge in [-0.3, -0.25) is 4.79 Å². The molecule has 0 spiro atoms. The molecule has 0 bridgehead atoms. The number of carboxylic acid groups (broad SMARTS) is 1. The molecule has 1 aliphatic carbocycles. The van der Waals surface area contributed by atoms with Gasteiger partial charge in [-0.2, -0.15) is 0 Å². The van der Waals surface area contributed by atoms with Gasteiger partial charge in [-0.1, -0.05) is 12.1 Å². The van der Waals surface area contributed by atoms with E-state index in [9.17, 15) is 9.90 Å². The number of aliphatic hydroxyl groups is 1. The molecule has 206 valence electrons. The average Bonchev–Trinajstić information content (AvgIpc) is 3.44. The number of aryl methyl sites for hydroxylation is 2. The monoisotopic (exact) mass is 534 g/mol. The zero-order valence-corrected chi connectivity index (χ0v) is 22.8. The predicted octanol–water partition coefficient (Wildman–Crippen LogP) is 6.67. The Morgan fingerprint density at radius 3 is 2.54 bits per heavy atom. The van der Waals surface area contributed by atoms with Crippen LogP contribution in [0.3, 0.4) is 0 Å². The molecule has 2 N–H and O–H groups in total. The molecule has 2 atom stereocenters. The lowest BCUT2D eigenvalue weighted by Crippen LogP contribution is -2.21. The van der Waals surface area contributed by atoms with Gasteiger partial charge >= 0.3 is 5.97 Å². The summed E-state index contributed by atoms with van der Waals surface area (Å²) >= 11 is 0. The number of benzene rings is 3. The second-order valence-electron chi connectivity index (χ2n) is 11.3. The van der Waals surface area contributed by atoms with Crippen molar-refractivity contribution in [3.05, 3.63) is 76.1 Å². The third kappa shape index (κ3) is 5.74. The van der Waals surface area contributed by atoms with Gasteiger partial charge in [-0.05, 0) is 92.6 Å². The highest BCUT2D eigenvalue weighted by molar-refractivity contribution is 5.76. The van der Waals surface area contributed by atoms with Crippen molar-refractivity contribution in [2.45, 2.75) is 71.0 Å². The maximum atomic E-state index is 15.2. The summed E-state index contributed by atoms with van der Waals surface area (Å²) in [6.07, 6.45) is 1.46. The van der Waals surface area contributed by atoms with E-state index in [0.29, 0.717) is 49.5 Å². The Hall–Kier alpha value is -3.58. The number of rotatable bonds is 9. The first-order chi connectivity index (χ1) is 18.5. The summed E-state index contributed by atoms with van der Waals surface area (Å²) in [6.45, 7) is 8.34. The molecule has 0 aromatic heterocycles. The number of ether oxygens (including phenoxy) is 3. The molecule has 5 rings (SSSR count). The zero-order chi connectivity index (χ0) is 27.9. The van der Waals surface area contributed by atoms with E-state index in [1.807, 2.05) is 44.2 Å². The molecule has 3 aromatic rings. The first kappa shape index (κ1) is 27.0. The van der Waals surface area contributed by atoms with Crippen molar-refractivity contribution in [2.24, 2.45) is 0 Å². The molecule has 1 heterocycles. The van der Waals surface area contributed by atoms with Crippen LogP contribution in [0.15, 0.2) is 42.5 Å². The van der Waals surface area contributed by atoms with Gasteiger partial charge < -0.3 is 24.4 Å². The first-order valence-corrected chi connectivity index (χ1v) is 13.4. The van der Waals surface area contributed by atoms with Crippen molar-refractivity contribution < 1.29 is 33.6 Å². The first-order valence-electron chi connectivity index (χ1n) is 13.4. The summed E-state index contributed by atoms with van der Waals surface area (Å²) in [5, 5.41) is 19.1. The molecule has 0 saturated carbocycles. The van der Waals surface area contributed by atoms with Crippen LogP contribution >= 0.6 is 0 Å². The number of hydrogen-bond donors (Lipinski definition) is 2. The van der Waals surface area contributed by atoms with Gasteiger partial charge in [-0.25, -0.2) is 4.39 Å². The van der Waals surface area contributed by atoms with Crippen LogP contribution in [-0.4, -0.2) is 35.0 Å². The third-order valence-electron chi connectivity index (χ3n) is 7.60. The Kier molecular flexibility index (Phi) is 7.29. The molecule has 0 saturated heterocycles. The lowest BCUT2D eigenvalue weighted by Gasteiger charge is -2.20. The SMILES string of the molecule is Cc1cc(OCCC(C)(C)O)cc(C)c1-c1ccc(F)c2c1CC[C@@H]2Oc1ccc2c(c1)OCC2CC(=O)O. The van der Waals surface area contributed by atoms with Crippen LogP contribution in [0.4, 0.5) is 4.39 Å². The molecule has 0 amide bonds. The van der Waals surface area contributed by atoms with Crippen LogP contribution in [0.1, 0.15) is 72.9 Å². The second kappa shape index (κ2) is 10.5. The lowest BCUT2D eigenvalue weighted by atomic mass is 9.90. The highest BCUT2D eigenvalue weighted by atomic mass is 19.1. The van der Waals surface area contributed by atoms with Gasteiger partial charge in [0.2, 0.25) is 0 Å². The average molecular weight is 535 g/mol. The number of fused-ring (bicyclic) bond motifs is 2. The summed E-state index contributed by atoms with van der Waals surface area (Å²) < 4.78 is 33.2. The van der Waals surface area contributed by atoms with Gasteiger partial charge in [-0.15, -0.1) is 0 Å². The number of carbonyl (C=O) groups is 1. The smallest absolute Gasteiger partial charge is 0.304 e. The quantitative estimate of drug-likeness (QED) is 0.319. The molecular formula is C32H35FO6. The van der Waals surface area contributed by atoms with E-state index in [1.165, 1.54) is 6.07 Å². The Labute approximate surface area is 228 Å². The van der Waals surface area contributed by atoms with Gasteiger partial charge in [0.15, 0.2) is 0 Å². The minimum absolute atomic E-state index is 0.0178. The summed E-state index contributed by atoms with van der Waals surface area (Å²) in [7, 11) is 0. The van der Waals surface area contributed by atoms with Gasteiger partial charge in [0.25, 0.3) is 0 Å². The standard InChI is InChI=1S/C32H35FO6/c1-18-13-22(37-12-11-32(3,4)36)14-19(2)30(18)24-7-9-26(33)31-25(24)8-10-27(31)39-21-5-6-23-20(15-29(34)35)17-38-28(23)16-21/h5-7,9,13-14,16,20,27,36H,8,10-12,15,17H2,1-4H3,(H,34,35)/t20?,27-/m0/s1. The fourth-order valence-corrected chi connectivity index (χ4v) is 5.75. The van der Waals surface area contributed by atoms with Crippen LogP contribution in [0, 0.1) is 19.7 Å². The fraction of sp³-hybridized carbons (Fsp3) is 0.406. The largest absolute Gasteiger partial charge is 0.493 e. The second-order valence-corrected chi connectivity index (χ2v) is 11.3. The molecule has 7 heteroatoms. The lowest BCUT2D eigenvalue weighted by molar-refractivity contribution is -0.137. The highest BCUT2D eigenvalue weighted by Gasteiger charge is 2.32. The number of aliphatic carboxylic acids is 1. The molecule has 1 unspecified atom stereocenters. The maximum Gasteiger partial charge on any atom is 0.304 e. The molecule has 6 nitrogen and oxygen atoms in total. The number of carboxylic acids is 1. The van der Waals surface area contributed by atoms with Gasteiger partial charge in [0.1, 0.15) is 29.2 Å². The fourth-order valence-electron chi connectivity index (χ4n) is 5.75. The summed E-state index contributed by atoms with van der Waals surface area (Å²) in [4.78, 5) is 11.1. The molecule has 1 aliphatic heterocycles. The van der Waals surface area contributed by atoms with Crippen LogP contribution in [0.2, 0.25) is 0 Å². The van der Waals surface area contributed by atoms with E-state index in [1.54, 1.807) is 19.9 Å². The minimum atomic E-state index is -0.857. The van der Waals surface area contributed by atoms with E-state index in [-0.39, 0.29) is 18.2 Å². The van der Waals surface area contributed by atoms with Gasteiger partial charge in [0.05, 0.1) is 25.2 Å². The van der Waals surface area contributed by atoms with E-state index in [2.05, 4.69) is 0 Å². The van der Waals surface area contributed by atoms with Crippen LogP contribution in [0.25, 0.3) is 11.1 Å². The van der Waals surface area contributed by atoms with Crippen molar-refractivity contribution >= 4 is 5.97 Å². The summed E-state index contributed by atoms with van der Waals surface area (Å²) in [5.41, 5.74) is 5.77. The molecule has 0 fully saturated rings. The predicted molar refractivity (Wildman–Crippen MR) is 146 cm³/mol. The van der Waals surface area contributed by atoms with Gasteiger partial charge in [0, 0.05) is 29.5 Å². The van der Waals surface area contributed by atoms with Crippen LogP contribution in [0.5, 0.6) is 17.2 Å². The van der Waals surface area contributed by atoms with E-state index < -0.39 is 17.7 Å². The zero-order valence-electron chi connectivity index (χ0n) is 22.8. The van der Waals surface area contributed by atoms with Crippen LogP contribution in [-0.2, 0) is 11.2 Å². The van der Waals surface area contributed by atoms with Crippen molar-refractivity contribution in [1.29, 1.82) is 0 Å². The minimum Gasteiger partial charge on any atom is -0.493 e. The summed E-state index contributed by atoms with van der Waals surface area (Å²) in [6, 6.07) is 12.8. The van der Waals surface area contributed by atoms with E-state index in [4.69, 9.17) is 19.3 Å². The van der Waals surface area contributed by atoms with Crippen LogP contribution < -0.4 is 14.2 Å².